The molecule has 0 N–H and O–H groups in total. The average Bonchev–Trinajstić information content (AvgIpc) is 2.39. The molecule has 0 radical (unpaired) electrons. The lowest BCUT2D eigenvalue weighted by atomic mass is 10.1. The molecule has 2 heteroatoms. The van der Waals surface area contributed by atoms with Crippen molar-refractivity contribution in [1.29, 1.82) is 0 Å². The van der Waals surface area contributed by atoms with E-state index in [0.29, 0.717) is 6.42 Å². The Labute approximate surface area is 113 Å². The van der Waals surface area contributed by atoms with Gasteiger partial charge in [-0.2, -0.15) is 0 Å². The van der Waals surface area contributed by atoms with E-state index in [0.717, 1.165) is 25.9 Å². The number of aldehydes is 1. The summed E-state index contributed by atoms with van der Waals surface area (Å²) in [6.45, 7) is 3.83. The van der Waals surface area contributed by atoms with E-state index in [-0.39, 0.29) is 0 Å². The van der Waals surface area contributed by atoms with Crippen LogP contribution in [0.25, 0.3) is 0 Å². The van der Waals surface area contributed by atoms with E-state index >= 15 is 0 Å². The molecular formula is C16H30O2. The lowest BCUT2D eigenvalue weighted by molar-refractivity contribution is -0.107. The van der Waals surface area contributed by atoms with E-state index in [2.05, 4.69) is 12.2 Å². The lowest BCUT2D eigenvalue weighted by Gasteiger charge is -2.02. The van der Waals surface area contributed by atoms with Gasteiger partial charge in [0, 0.05) is 19.6 Å². The molecule has 18 heavy (non-hydrogen) atoms. The fourth-order valence-electron chi connectivity index (χ4n) is 1.89. The highest BCUT2D eigenvalue weighted by Crippen LogP contribution is 2.09. The monoisotopic (exact) mass is 254 g/mol. The number of rotatable bonds is 14. The van der Waals surface area contributed by atoms with Gasteiger partial charge >= 0.3 is 0 Å². The minimum atomic E-state index is 0.665. The first kappa shape index (κ1) is 17.4. The number of unbranched alkanes of at least 4 members (excludes halogenated alkanes) is 8. The van der Waals surface area contributed by atoms with Crippen molar-refractivity contribution in [2.45, 2.75) is 71.1 Å². The van der Waals surface area contributed by atoms with Crippen molar-refractivity contribution in [1.82, 2.24) is 0 Å². The molecule has 0 heterocycles. The molecule has 0 fully saturated rings. The number of ether oxygens (including phenoxy) is 1. The van der Waals surface area contributed by atoms with Crippen LogP contribution in [0.15, 0.2) is 12.2 Å². The molecule has 0 aromatic heterocycles. The first-order chi connectivity index (χ1) is 8.91. The highest BCUT2D eigenvalue weighted by atomic mass is 16.5. The quantitative estimate of drug-likeness (QED) is 0.255. The first-order valence-corrected chi connectivity index (χ1v) is 7.58. The SMILES string of the molecule is CCOCCCCCCCCC/C=C/CCC=O. The van der Waals surface area contributed by atoms with E-state index in [4.69, 9.17) is 4.74 Å². The Morgan fingerprint density at radius 2 is 1.39 bits per heavy atom. The molecule has 0 atom stereocenters. The number of carbonyl (C=O) groups is 1. The molecule has 0 unspecified atom stereocenters. The molecule has 0 aromatic carbocycles. The van der Waals surface area contributed by atoms with Gasteiger partial charge < -0.3 is 9.53 Å². The third-order valence-electron chi connectivity index (χ3n) is 2.98. The number of allylic oxidation sites excluding steroid dienone is 2. The van der Waals surface area contributed by atoms with Crippen LogP contribution in [0.2, 0.25) is 0 Å². The van der Waals surface area contributed by atoms with Crippen LogP contribution in [-0.2, 0) is 9.53 Å². The Balaban J connectivity index is 2.98. The van der Waals surface area contributed by atoms with Crippen LogP contribution < -0.4 is 0 Å². The van der Waals surface area contributed by atoms with Gasteiger partial charge in [-0.05, 0) is 32.6 Å². The van der Waals surface area contributed by atoms with Crippen LogP contribution in [0.3, 0.4) is 0 Å². The van der Waals surface area contributed by atoms with Crippen molar-refractivity contribution < 1.29 is 9.53 Å². The molecule has 0 aliphatic heterocycles. The van der Waals surface area contributed by atoms with Gasteiger partial charge in [-0.15, -0.1) is 0 Å². The standard InChI is InChI=1S/C16H30O2/c1-2-18-16-14-12-10-8-6-4-3-5-7-9-11-13-15-17/h7,9,15H,2-6,8,10-14,16H2,1H3/b9-7+. The molecule has 2 nitrogen and oxygen atoms in total. The van der Waals surface area contributed by atoms with E-state index in [1.54, 1.807) is 0 Å². The van der Waals surface area contributed by atoms with Gasteiger partial charge in [-0.25, -0.2) is 0 Å². The summed E-state index contributed by atoms with van der Waals surface area (Å²) < 4.78 is 5.30. The third-order valence-corrected chi connectivity index (χ3v) is 2.98. The van der Waals surface area contributed by atoms with Gasteiger partial charge in [0.05, 0.1) is 0 Å². The van der Waals surface area contributed by atoms with Crippen LogP contribution in [0, 0.1) is 0 Å². The summed E-state index contributed by atoms with van der Waals surface area (Å²) in [7, 11) is 0. The van der Waals surface area contributed by atoms with E-state index in [9.17, 15) is 4.79 Å². The number of hydrogen-bond acceptors (Lipinski definition) is 2. The second kappa shape index (κ2) is 16.4. The Morgan fingerprint density at radius 3 is 2.06 bits per heavy atom. The Bertz CT molecular complexity index is 188. The first-order valence-electron chi connectivity index (χ1n) is 7.58. The molecule has 0 rings (SSSR count). The van der Waals surface area contributed by atoms with Crippen molar-refractivity contribution in [2.75, 3.05) is 13.2 Å². The molecule has 0 amide bonds. The molecule has 106 valence electrons. The third kappa shape index (κ3) is 15.4. The highest BCUT2D eigenvalue weighted by molar-refractivity contribution is 5.49. The summed E-state index contributed by atoms with van der Waals surface area (Å²) in [6.07, 6.45) is 17.3. The van der Waals surface area contributed by atoms with Gasteiger partial charge in [0.1, 0.15) is 6.29 Å². The minimum absolute atomic E-state index is 0.665. The van der Waals surface area contributed by atoms with Gasteiger partial charge in [-0.3, -0.25) is 0 Å². The zero-order valence-corrected chi connectivity index (χ0v) is 12.0. The topological polar surface area (TPSA) is 26.3 Å². The summed E-state index contributed by atoms with van der Waals surface area (Å²) in [6, 6.07) is 0. The van der Waals surface area contributed by atoms with Crippen LogP contribution >= 0.6 is 0 Å². The van der Waals surface area contributed by atoms with Crippen molar-refractivity contribution >= 4 is 6.29 Å². The minimum Gasteiger partial charge on any atom is -0.382 e. The fraction of sp³-hybridized carbons (Fsp3) is 0.812. The van der Waals surface area contributed by atoms with Crippen LogP contribution in [0.5, 0.6) is 0 Å². The molecular weight excluding hydrogens is 224 g/mol. The van der Waals surface area contributed by atoms with Crippen molar-refractivity contribution in [2.24, 2.45) is 0 Å². The van der Waals surface area contributed by atoms with E-state index < -0.39 is 0 Å². The fourth-order valence-corrected chi connectivity index (χ4v) is 1.89. The molecule has 0 spiro atoms. The zero-order valence-electron chi connectivity index (χ0n) is 12.0. The summed E-state index contributed by atoms with van der Waals surface area (Å²) in [5.74, 6) is 0. The number of hydrogen-bond donors (Lipinski definition) is 0. The van der Waals surface area contributed by atoms with Crippen molar-refractivity contribution in [3.63, 3.8) is 0 Å². The molecule has 0 aromatic rings. The average molecular weight is 254 g/mol. The molecule has 0 saturated carbocycles. The van der Waals surface area contributed by atoms with Gasteiger partial charge in [-0.1, -0.05) is 44.3 Å². The summed E-state index contributed by atoms with van der Waals surface area (Å²) in [4.78, 5) is 10.1. The Kier molecular flexibility index (Phi) is 15.8. The second-order valence-electron chi connectivity index (χ2n) is 4.68. The van der Waals surface area contributed by atoms with E-state index in [1.165, 1.54) is 51.4 Å². The summed E-state index contributed by atoms with van der Waals surface area (Å²) in [5.41, 5.74) is 0. The molecule has 0 aliphatic carbocycles. The Hall–Kier alpha value is -0.630. The molecule has 0 aliphatic rings. The lowest BCUT2D eigenvalue weighted by Crippen LogP contribution is -1.92. The van der Waals surface area contributed by atoms with E-state index in [1.807, 2.05) is 6.92 Å². The maximum Gasteiger partial charge on any atom is 0.120 e. The molecule has 0 bridgehead atoms. The highest BCUT2D eigenvalue weighted by Gasteiger charge is 1.91. The summed E-state index contributed by atoms with van der Waals surface area (Å²) in [5, 5.41) is 0. The normalized spacial score (nSPS) is 11.2. The molecule has 0 saturated heterocycles. The Morgan fingerprint density at radius 1 is 0.778 bits per heavy atom. The van der Waals surface area contributed by atoms with Gasteiger partial charge in [0.2, 0.25) is 0 Å². The van der Waals surface area contributed by atoms with Gasteiger partial charge in [0.15, 0.2) is 0 Å². The summed E-state index contributed by atoms with van der Waals surface area (Å²) >= 11 is 0. The van der Waals surface area contributed by atoms with Crippen LogP contribution in [0.1, 0.15) is 71.1 Å². The zero-order chi connectivity index (χ0) is 13.3. The van der Waals surface area contributed by atoms with Crippen molar-refractivity contribution in [3.05, 3.63) is 12.2 Å². The largest absolute Gasteiger partial charge is 0.382 e. The maximum atomic E-state index is 10.1. The number of carbonyl (C=O) groups excluding carboxylic acids is 1. The van der Waals surface area contributed by atoms with Gasteiger partial charge in [0.25, 0.3) is 0 Å². The maximum absolute atomic E-state index is 10.1. The predicted molar refractivity (Wildman–Crippen MR) is 77.9 cm³/mol. The van der Waals surface area contributed by atoms with Crippen LogP contribution in [-0.4, -0.2) is 19.5 Å². The van der Waals surface area contributed by atoms with Crippen molar-refractivity contribution in [3.8, 4) is 0 Å². The smallest absolute Gasteiger partial charge is 0.120 e. The predicted octanol–water partition coefficient (Wildman–Crippen LogP) is 4.68. The van der Waals surface area contributed by atoms with Crippen LogP contribution in [0.4, 0.5) is 0 Å². The second-order valence-corrected chi connectivity index (χ2v) is 4.68.